The number of carbonyl (C=O) groups excluding carboxylic acids is 1. The van der Waals surface area contributed by atoms with Crippen LogP contribution in [-0.4, -0.2) is 73.0 Å². The number of methoxy groups -OCH3 is 3. The van der Waals surface area contributed by atoms with E-state index in [-0.39, 0.29) is 5.91 Å². The van der Waals surface area contributed by atoms with Crippen molar-refractivity contribution in [2.45, 2.75) is 6.54 Å². The van der Waals surface area contributed by atoms with Crippen molar-refractivity contribution < 1.29 is 19.0 Å². The fourth-order valence-corrected chi connectivity index (χ4v) is 4.07. The minimum atomic E-state index is 0.0100. The molecule has 0 radical (unpaired) electrons. The molecule has 1 aliphatic heterocycles. The van der Waals surface area contributed by atoms with Crippen molar-refractivity contribution in [2.24, 2.45) is 0 Å². The van der Waals surface area contributed by atoms with Crippen LogP contribution in [0.3, 0.4) is 0 Å². The number of hydrogen-bond donors (Lipinski definition) is 0. The summed E-state index contributed by atoms with van der Waals surface area (Å²) in [5, 5.41) is 4.37. The first-order chi connectivity index (χ1) is 16.6. The van der Waals surface area contributed by atoms with Gasteiger partial charge in [0, 0.05) is 56.1 Å². The minimum absolute atomic E-state index is 0.0100. The number of rotatable bonds is 8. The van der Waals surface area contributed by atoms with Gasteiger partial charge in [0.15, 0.2) is 11.5 Å². The predicted molar refractivity (Wildman–Crippen MR) is 131 cm³/mol. The highest BCUT2D eigenvalue weighted by Crippen LogP contribution is 2.40. The van der Waals surface area contributed by atoms with E-state index in [2.05, 4.69) is 10.00 Å². The third-order valence-corrected chi connectivity index (χ3v) is 5.91. The number of ether oxygens (including phenoxy) is 3. The lowest BCUT2D eigenvalue weighted by atomic mass is 10.1. The van der Waals surface area contributed by atoms with Gasteiger partial charge in [-0.05, 0) is 24.3 Å². The first kappa shape index (κ1) is 23.4. The zero-order chi connectivity index (χ0) is 23.9. The quantitative estimate of drug-likeness (QED) is 0.479. The smallest absolute Gasteiger partial charge is 0.246 e. The van der Waals surface area contributed by atoms with Gasteiger partial charge in [-0.2, -0.15) is 5.10 Å². The van der Waals surface area contributed by atoms with Crippen LogP contribution in [0.4, 0.5) is 0 Å². The summed E-state index contributed by atoms with van der Waals surface area (Å²) in [6.07, 6.45) is 7.10. The van der Waals surface area contributed by atoms with Crippen LogP contribution in [-0.2, 0) is 11.3 Å². The summed E-state index contributed by atoms with van der Waals surface area (Å²) in [6.45, 7) is 3.61. The predicted octanol–water partition coefficient (Wildman–Crippen LogP) is 3.26. The van der Waals surface area contributed by atoms with Crippen LogP contribution in [0.25, 0.3) is 11.8 Å². The molecule has 0 spiro atoms. The molecule has 2 heterocycles. The SMILES string of the molecule is COc1ccc(CN2CCN(C(=O)/C=C/c3cnn(-c4ccccc4)c3)CC2)c(OC)c1OC. The Hall–Kier alpha value is -3.78. The van der Waals surface area contributed by atoms with Crippen molar-refractivity contribution in [2.75, 3.05) is 47.5 Å². The molecule has 0 N–H and O–H groups in total. The van der Waals surface area contributed by atoms with Gasteiger partial charge in [0.2, 0.25) is 11.7 Å². The van der Waals surface area contributed by atoms with Crippen molar-refractivity contribution in [1.82, 2.24) is 19.6 Å². The molecule has 0 aliphatic carbocycles. The second-order valence-corrected chi connectivity index (χ2v) is 7.98. The second-order valence-electron chi connectivity index (χ2n) is 7.98. The van der Waals surface area contributed by atoms with Crippen LogP contribution >= 0.6 is 0 Å². The summed E-state index contributed by atoms with van der Waals surface area (Å²) in [5.41, 5.74) is 2.89. The van der Waals surface area contributed by atoms with Crippen LogP contribution in [0.2, 0.25) is 0 Å². The van der Waals surface area contributed by atoms with Crippen LogP contribution in [0.5, 0.6) is 17.2 Å². The Bertz CT molecular complexity index is 1130. The molecule has 0 saturated carbocycles. The lowest BCUT2D eigenvalue weighted by molar-refractivity contribution is -0.127. The largest absolute Gasteiger partial charge is 0.493 e. The molecule has 3 aromatic rings. The lowest BCUT2D eigenvalue weighted by Crippen LogP contribution is -2.47. The topological polar surface area (TPSA) is 69.1 Å². The highest BCUT2D eigenvalue weighted by Gasteiger charge is 2.22. The molecule has 0 unspecified atom stereocenters. The van der Waals surface area contributed by atoms with Crippen molar-refractivity contribution >= 4 is 12.0 Å². The van der Waals surface area contributed by atoms with Crippen molar-refractivity contribution in [3.63, 3.8) is 0 Å². The average Bonchev–Trinajstić information content (AvgIpc) is 3.37. The first-order valence-corrected chi connectivity index (χ1v) is 11.2. The maximum Gasteiger partial charge on any atom is 0.246 e. The third-order valence-electron chi connectivity index (χ3n) is 5.91. The van der Waals surface area contributed by atoms with Gasteiger partial charge in [0.1, 0.15) is 0 Å². The van der Waals surface area contributed by atoms with Gasteiger partial charge in [-0.15, -0.1) is 0 Å². The maximum atomic E-state index is 12.7. The molecule has 8 nitrogen and oxygen atoms in total. The Labute approximate surface area is 199 Å². The molecule has 1 saturated heterocycles. The van der Waals surface area contributed by atoms with Crippen LogP contribution in [0, 0.1) is 0 Å². The van der Waals surface area contributed by atoms with Gasteiger partial charge in [-0.3, -0.25) is 9.69 Å². The first-order valence-electron chi connectivity index (χ1n) is 11.2. The molecule has 1 aromatic heterocycles. The van der Waals surface area contributed by atoms with E-state index in [1.165, 1.54) is 0 Å². The van der Waals surface area contributed by atoms with Crippen molar-refractivity contribution in [3.05, 3.63) is 72.1 Å². The van der Waals surface area contributed by atoms with Crippen molar-refractivity contribution in [3.8, 4) is 22.9 Å². The number of hydrogen-bond acceptors (Lipinski definition) is 6. The maximum absolute atomic E-state index is 12.7. The minimum Gasteiger partial charge on any atom is -0.493 e. The van der Waals surface area contributed by atoms with E-state index in [1.54, 1.807) is 38.3 Å². The van der Waals surface area contributed by atoms with Gasteiger partial charge in [-0.1, -0.05) is 24.3 Å². The average molecular weight is 463 g/mol. The molecule has 1 amide bonds. The van der Waals surface area contributed by atoms with E-state index in [0.717, 1.165) is 29.9 Å². The normalized spacial score (nSPS) is 14.4. The molecule has 1 aliphatic rings. The molecule has 0 atom stereocenters. The molecule has 178 valence electrons. The fraction of sp³-hybridized carbons (Fsp3) is 0.308. The molecule has 0 bridgehead atoms. The molecule has 1 fully saturated rings. The Morgan fingerprint density at radius 2 is 1.68 bits per heavy atom. The highest BCUT2D eigenvalue weighted by atomic mass is 16.5. The Balaban J connectivity index is 1.33. The molecular formula is C26H30N4O4. The lowest BCUT2D eigenvalue weighted by Gasteiger charge is -2.34. The van der Waals surface area contributed by atoms with Gasteiger partial charge >= 0.3 is 0 Å². The summed E-state index contributed by atoms with van der Waals surface area (Å²) >= 11 is 0. The molecule has 8 heteroatoms. The van der Waals surface area contributed by atoms with Crippen LogP contribution < -0.4 is 14.2 Å². The molecular weight excluding hydrogens is 432 g/mol. The highest BCUT2D eigenvalue weighted by molar-refractivity contribution is 5.91. The number of aromatic nitrogens is 2. The van der Waals surface area contributed by atoms with Crippen LogP contribution in [0.15, 0.2) is 60.9 Å². The zero-order valence-corrected chi connectivity index (χ0v) is 19.8. The van der Waals surface area contributed by atoms with Gasteiger partial charge in [0.05, 0.1) is 33.2 Å². The summed E-state index contributed by atoms with van der Waals surface area (Å²) < 4.78 is 18.3. The van der Waals surface area contributed by atoms with E-state index in [0.29, 0.717) is 36.9 Å². The number of nitrogens with zero attached hydrogens (tertiary/aromatic N) is 4. The number of piperazine rings is 1. The number of carbonyl (C=O) groups is 1. The van der Waals surface area contributed by atoms with E-state index >= 15 is 0 Å². The van der Waals surface area contributed by atoms with E-state index in [1.807, 2.05) is 59.6 Å². The zero-order valence-electron chi connectivity index (χ0n) is 19.8. The van der Waals surface area contributed by atoms with Gasteiger partial charge in [0.25, 0.3) is 0 Å². The Morgan fingerprint density at radius 3 is 2.35 bits per heavy atom. The molecule has 34 heavy (non-hydrogen) atoms. The fourth-order valence-electron chi connectivity index (χ4n) is 4.07. The van der Waals surface area contributed by atoms with E-state index in [9.17, 15) is 4.79 Å². The number of para-hydroxylation sites is 1. The monoisotopic (exact) mass is 462 g/mol. The van der Waals surface area contributed by atoms with Crippen molar-refractivity contribution in [1.29, 1.82) is 0 Å². The third kappa shape index (κ3) is 5.23. The van der Waals surface area contributed by atoms with Gasteiger partial charge < -0.3 is 19.1 Å². The number of amides is 1. The number of benzene rings is 2. The summed E-state index contributed by atoms with van der Waals surface area (Å²) in [7, 11) is 4.85. The summed E-state index contributed by atoms with van der Waals surface area (Å²) in [4.78, 5) is 16.9. The standard InChI is InChI=1S/C26H30N4O4/c1-32-23-11-10-21(25(33-2)26(23)34-3)19-28-13-15-29(16-14-28)24(31)12-9-20-17-27-30(18-20)22-7-5-4-6-8-22/h4-12,17-18H,13-16,19H2,1-3H3/b12-9+. The second kappa shape index (κ2) is 10.9. The van der Waals surface area contributed by atoms with E-state index in [4.69, 9.17) is 14.2 Å². The molecule has 2 aromatic carbocycles. The van der Waals surface area contributed by atoms with Crippen LogP contribution in [0.1, 0.15) is 11.1 Å². The Kier molecular flexibility index (Phi) is 7.49. The molecule has 4 rings (SSSR count). The Morgan fingerprint density at radius 1 is 0.941 bits per heavy atom. The summed E-state index contributed by atoms with van der Waals surface area (Å²) in [5.74, 6) is 1.92. The van der Waals surface area contributed by atoms with E-state index < -0.39 is 0 Å². The van der Waals surface area contributed by atoms with Gasteiger partial charge in [-0.25, -0.2) is 4.68 Å². The summed E-state index contributed by atoms with van der Waals surface area (Å²) in [6, 6.07) is 13.8.